The minimum Gasteiger partial charge on any atom is -0.381 e. The summed E-state index contributed by atoms with van der Waals surface area (Å²) < 4.78 is 11.2. The zero-order valence-corrected chi connectivity index (χ0v) is 8.75. The summed E-state index contributed by atoms with van der Waals surface area (Å²) in [6, 6.07) is 0. The molecule has 3 heteroatoms. The Labute approximate surface area is 84.8 Å². The Kier molecular flexibility index (Phi) is 2.88. The first-order chi connectivity index (χ1) is 6.74. The molecule has 0 aromatic rings. The Hall–Kier alpha value is -0.410. The molecule has 1 saturated carbocycles. The molecule has 3 nitrogen and oxygen atoms in total. The van der Waals surface area contributed by atoms with Crippen molar-refractivity contribution in [1.82, 2.24) is 0 Å². The van der Waals surface area contributed by atoms with E-state index in [1.54, 1.807) is 7.11 Å². The van der Waals surface area contributed by atoms with Crippen molar-refractivity contribution >= 4 is 5.78 Å². The van der Waals surface area contributed by atoms with Crippen LogP contribution in [-0.4, -0.2) is 31.2 Å². The highest BCUT2D eigenvalue weighted by Gasteiger charge is 2.41. The molecule has 14 heavy (non-hydrogen) atoms. The van der Waals surface area contributed by atoms with Crippen LogP contribution in [0.25, 0.3) is 0 Å². The van der Waals surface area contributed by atoms with Crippen LogP contribution < -0.4 is 0 Å². The number of hydrogen-bond acceptors (Lipinski definition) is 3. The standard InChI is InChI=1S/C11H18O3/c1-13-10-3-2-5-11(8-10)7-9(12)4-6-14-11/h10H,2-8H2,1H3. The summed E-state index contributed by atoms with van der Waals surface area (Å²) >= 11 is 0. The molecule has 0 bridgehead atoms. The van der Waals surface area contributed by atoms with Crippen molar-refractivity contribution in [2.45, 2.75) is 50.2 Å². The van der Waals surface area contributed by atoms with Gasteiger partial charge in [0.1, 0.15) is 5.78 Å². The second-order valence-electron chi connectivity index (χ2n) is 4.45. The number of carbonyl (C=O) groups is 1. The van der Waals surface area contributed by atoms with Gasteiger partial charge in [0, 0.05) is 26.4 Å². The zero-order valence-electron chi connectivity index (χ0n) is 8.75. The smallest absolute Gasteiger partial charge is 0.138 e. The Morgan fingerprint density at radius 2 is 2.43 bits per heavy atom. The van der Waals surface area contributed by atoms with E-state index in [1.165, 1.54) is 0 Å². The highest BCUT2D eigenvalue weighted by molar-refractivity contribution is 5.80. The van der Waals surface area contributed by atoms with Gasteiger partial charge < -0.3 is 9.47 Å². The van der Waals surface area contributed by atoms with Crippen LogP contribution in [0.1, 0.15) is 38.5 Å². The van der Waals surface area contributed by atoms with Crippen LogP contribution in [-0.2, 0) is 14.3 Å². The lowest BCUT2D eigenvalue weighted by atomic mass is 9.78. The van der Waals surface area contributed by atoms with E-state index in [2.05, 4.69) is 0 Å². The van der Waals surface area contributed by atoms with Crippen molar-refractivity contribution in [2.24, 2.45) is 0 Å². The van der Waals surface area contributed by atoms with E-state index in [1.807, 2.05) is 0 Å². The van der Waals surface area contributed by atoms with E-state index < -0.39 is 0 Å². The third kappa shape index (κ3) is 1.98. The number of ether oxygens (including phenoxy) is 2. The average Bonchev–Trinajstić information content (AvgIpc) is 2.17. The molecule has 2 aliphatic rings. The van der Waals surface area contributed by atoms with Gasteiger partial charge in [0.25, 0.3) is 0 Å². The van der Waals surface area contributed by atoms with Crippen molar-refractivity contribution < 1.29 is 14.3 Å². The quantitative estimate of drug-likeness (QED) is 0.643. The third-order valence-corrected chi connectivity index (χ3v) is 3.40. The molecule has 2 fully saturated rings. The second kappa shape index (κ2) is 3.99. The molecular formula is C11H18O3. The molecule has 2 unspecified atom stereocenters. The monoisotopic (exact) mass is 198 g/mol. The Balaban J connectivity index is 2.02. The maximum atomic E-state index is 11.4. The highest BCUT2D eigenvalue weighted by Crippen LogP contribution is 2.38. The lowest BCUT2D eigenvalue weighted by Gasteiger charge is -2.42. The first kappa shape index (κ1) is 10.1. The molecule has 1 aliphatic heterocycles. The lowest BCUT2D eigenvalue weighted by molar-refractivity contribution is -0.153. The number of methoxy groups -OCH3 is 1. The molecule has 2 rings (SSSR count). The summed E-state index contributed by atoms with van der Waals surface area (Å²) in [5.41, 5.74) is -0.172. The van der Waals surface area contributed by atoms with E-state index in [4.69, 9.17) is 9.47 Å². The summed E-state index contributed by atoms with van der Waals surface area (Å²) in [7, 11) is 1.74. The molecule has 1 saturated heterocycles. The summed E-state index contributed by atoms with van der Waals surface area (Å²) in [6.07, 6.45) is 5.64. The summed E-state index contributed by atoms with van der Waals surface area (Å²) in [4.78, 5) is 11.4. The van der Waals surface area contributed by atoms with Crippen molar-refractivity contribution in [2.75, 3.05) is 13.7 Å². The third-order valence-electron chi connectivity index (χ3n) is 3.40. The molecule has 1 spiro atoms. The van der Waals surface area contributed by atoms with E-state index in [9.17, 15) is 4.79 Å². The molecule has 2 atom stereocenters. The number of Topliss-reactive ketones (excluding diaryl/α,β-unsaturated/α-hetero) is 1. The maximum absolute atomic E-state index is 11.4. The van der Waals surface area contributed by atoms with Crippen LogP contribution in [0, 0.1) is 0 Å². The minimum absolute atomic E-state index is 0.172. The minimum atomic E-state index is -0.172. The highest BCUT2D eigenvalue weighted by atomic mass is 16.5. The molecular weight excluding hydrogens is 180 g/mol. The Morgan fingerprint density at radius 1 is 1.57 bits per heavy atom. The van der Waals surface area contributed by atoms with Crippen molar-refractivity contribution in [3.8, 4) is 0 Å². The Bertz CT molecular complexity index is 223. The molecule has 0 aromatic carbocycles. The summed E-state index contributed by atoms with van der Waals surface area (Å²) in [6.45, 7) is 0.606. The molecule has 0 aromatic heterocycles. The predicted molar refractivity (Wildman–Crippen MR) is 52.2 cm³/mol. The fourth-order valence-corrected chi connectivity index (χ4v) is 2.64. The van der Waals surface area contributed by atoms with E-state index >= 15 is 0 Å². The lowest BCUT2D eigenvalue weighted by Crippen LogP contribution is -2.45. The fourth-order valence-electron chi connectivity index (χ4n) is 2.64. The predicted octanol–water partition coefficient (Wildman–Crippen LogP) is 1.69. The molecule has 1 heterocycles. The molecule has 0 N–H and O–H groups in total. The van der Waals surface area contributed by atoms with Gasteiger partial charge in [-0.1, -0.05) is 0 Å². The van der Waals surface area contributed by atoms with Gasteiger partial charge in [0.15, 0.2) is 0 Å². The summed E-state index contributed by atoms with van der Waals surface area (Å²) in [5.74, 6) is 0.355. The molecule has 1 aliphatic carbocycles. The van der Waals surface area contributed by atoms with Crippen LogP contribution in [0.2, 0.25) is 0 Å². The van der Waals surface area contributed by atoms with Crippen molar-refractivity contribution in [3.05, 3.63) is 0 Å². The normalized spacial score (nSPS) is 38.9. The van der Waals surface area contributed by atoms with Gasteiger partial charge in [-0.3, -0.25) is 4.79 Å². The number of rotatable bonds is 1. The largest absolute Gasteiger partial charge is 0.381 e. The Morgan fingerprint density at radius 3 is 3.14 bits per heavy atom. The molecule has 0 radical (unpaired) electrons. The van der Waals surface area contributed by atoms with Crippen molar-refractivity contribution in [1.29, 1.82) is 0 Å². The number of ketones is 1. The van der Waals surface area contributed by atoms with Gasteiger partial charge in [-0.2, -0.15) is 0 Å². The zero-order chi connectivity index (χ0) is 10.0. The molecule has 80 valence electrons. The van der Waals surface area contributed by atoms with E-state index in [0.29, 0.717) is 25.2 Å². The van der Waals surface area contributed by atoms with Crippen molar-refractivity contribution in [3.63, 3.8) is 0 Å². The number of carbonyl (C=O) groups excluding carboxylic acids is 1. The van der Waals surface area contributed by atoms with Crippen LogP contribution >= 0.6 is 0 Å². The van der Waals surface area contributed by atoms with Crippen LogP contribution in [0.15, 0.2) is 0 Å². The van der Waals surface area contributed by atoms with Gasteiger partial charge in [-0.05, 0) is 19.3 Å². The van der Waals surface area contributed by atoms with Gasteiger partial charge in [-0.25, -0.2) is 0 Å². The van der Waals surface area contributed by atoms with Crippen LogP contribution in [0.4, 0.5) is 0 Å². The van der Waals surface area contributed by atoms with E-state index in [0.717, 1.165) is 25.7 Å². The van der Waals surface area contributed by atoms with Gasteiger partial charge in [0.05, 0.1) is 18.3 Å². The van der Waals surface area contributed by atoms with Gasteiger partial charge >= 0.3 is 0 Å². The summed E-state index contributed by atoms with van der Waals surface area (Å²) in [5, 5.41) is 0. The maximum Gasteiger partial charge on any atom is 0.138 e. The SMILES string of the molecule is COC1CCCC2(CC(=O)CCO2)C1. The second-order valence-corrected chi connectivity index (χ2v) is 4.45. The topological polar surface area (TPSA) is 35.5 Å². The fraction of sp³-hybridized carbons (Fsp3) is 0.909. The van der Waals surface area contributed by atoms with E-state index in [-0.39, 0.29) is 11.7 Å². The van der Waals surface area contributed by atoms with Crippen LogP contribution in [0.3, 0.4) is 0 Å². The molecule has 0 amide bonds. The van der Waals surface area contributed by atoms with Crippen LogP contribution in [0.5, 0.6) is 0 Å². The van der Waals surface area contributed by atoms with Gasteiger partial charge in [0.2, 0.25) is 0 Å². The first-order valence-corrected chi connectivity index (χ1v) is 5.43. The number of hydrogen-bond donors (Lipinski definition) is 0. The first-order valence-electron chi connectivity index (χ1n) is 5.43. The van der Waals surface area contributed by atoms with Gasteiger partial charge in [-0.15, -0.1) is 0 Å². The average molecular weight is 198 g/mol.